The molecule has 1 fully saturated rings. The molecule has 0 saturated carbocycles. The molecule has 30 heavy (non-hydrogen) atoms. The van der Waals surface area contributed by atoms with Crippen LogP contribution in [0.3, 0.4) is 0 Å². The van der Waals surface area contributed by atoms with Gasteiger partial charge in [-0.25, -0.2) is 0 Å². The van der Waals surface area contributed by atoms with E-state index >= 15 is 0 Å². The van der Waals surface area contributed by atoms with Crippen molar-refractivity contribution in [1.82, 2.24) is 10.6 Å². The van der Waals surface area contributed by atoms with Gasteiger partial charge in [0.15, 0.2) is 0 Å². The number of hydrogen-bond acceptors (Lipinski definition) is 5. The van der Waals surface area contributed by atoms with Crippen molar-refractivity contribution in [3.05, 3.63) is 53.6 Å². The molecule has 1 aliphatic rings. The molecule has 0 aromatic heterocycles. The van der Waals surface area contributed by atoms with Crippen LogP contribution in [0.4, 0.5) is 0 Å². The van der Waals surface area contributed by atoms with Gasteiger partial charge in [-0.05, 0) is 64.8 Å². The van der Waals surface area contributed by atoms with Crippen LogP contribution in [0.2, 0.25) is 0 Å². The molecule has 2 aromatic carbocycles. The van der Waals surface area contributed by atoms with Crippen molar-refractivity contribution < 1.29 is 14.3 Å². The van der Waals surface area contributed by atoms with Gasteiger partial charge >= 0.3 is 0 Å². The van der Waals surface area contributed by atoms with Crippen LogP contribution in [0.15, 0.2) is 42.5 Å². The number of methoxy groups -OCH3 is 1. The predicted molar refractivity (Wildman–Crippen MR) is 116 cm³/mol. The summed E-state index contributed by atoms with van der Waals surface area (Å²) in [4.78, 5) is 13.0. The number of nitriles is 1. The predicted octanol–water partition coefficient (Wildman–Crippen LogP) is 4.40. The Labute approximate surface area is 178 Å². The van der Waals surface area contributed by atoms with E-state index < -0.39 is 0 Å². The minimum Gasteiger partial charge on any atom is -0.496 e. The Balaban J connectivity index is 1.78. The van der Waals surface area contributed by atoms with Gasteiger partial charge in [-0.3, -0.25) is 4.79 Å². The van der Waals surface area contributed by atoms with Crippen LogP contribution >= 0.6 is 0 Å². The highest BCUT2D eigenvalue weighted by Gasteiger charge is 2.38. The molecule has 6 heteroatoms. The summed E-state index contributed by atoms with van der Waals surface area (Å²) in [5.74, 6) is 1.20. The van der Waals surface area contributed by atoms with Crippen molar-refractivity contribution in [3.8, 4) is 23.3 Å². The first-order chi connectivity index (χ1) is 14.1. The second-order valence-electron chi connectivity index (χ2n) is 9.04. The van der Waals surface area contributed by atoms with Crippen LogP contribution in [-0.4, -0.2) is 30.1 Å². The fourth-order valence-electron chi connectivity index (χ4n) is 4.39. The lowest BCUT2D eigenvalue weighted by Crippen LogP contribution is -2.62. The Hall–Kier alpha value is -3.04. The molecule has 0 bridgehead atoms. The Bertz CT molecular complexity index is 960. The highest BCUT2D eigenvalue weighted by Crippen LogP contribution is 2.32. The number of carbonyl (C=O) groups is 1. The molecule has 158 valence electrons. The van der Waals surface area contributed by atoms with Crippen LogP contribution in [0, 0.1) is 11.3 Å². The number of nitrogens with zero attached hydrogens (tertiary/aromatic N) is 1. The molecular weight excluding hydrogens is 378 g/mol. The van der Waals surface area contributed by atoms with Gasteiger partial charge < -0.3 is 20.1 Å². The zero-order valence-corrected chi connectivity index (χ0v) is 18.2. The first-order valence-corrected chi connectivity index (χ1v) is 10.1. The average Bonchev–Trinajstić information content (AvgIpc) is 2.65. The molecule has 1 saturated heterocycles. The summed E-state index contributed by atoms with van der Waals surface area (Å²) >= 11 is 0. The average molecular weight is 408 g/mol. The number of carbonyl (C=O) groups excluding carboxylic acids is 1. The fraction of sp³-hybridized carbons (Fsp3) is 0.417. The van der Waals surface area contributed by atoms with E-state index in [1.807, 2.05) is 0 Å². The molecule has 0 aliphatic carbocycles. The lowest BCUT2D eigenvalue weighted by molar-refractivity contribution is 0.0870. The molecule has 0 unspecified atom stereocenters. The topological polar surface area (TPSA) is 83.4 Å². The van der Waals surface area contributed by atoms with Crippen LogP contribution in [0.25, 0.3) is 0 Å². The van der Waals surface area contributed by atoms with E-state index in [-0.39, 0.29) is 23.0 Å². The Morgan fingerprint density at radius 1 is 1.10 bits per heavy atom. The van der Waals surface area contributed by atoms with E-state index in [1.165, 1.54) is 7.11 Å². The number of piperidine rings is 1. The molecule has 1 amide bonds. The lowest BCUT2D eigenvalue weighted by Gasteiger charge is -2.46. The largest absolute Gasteiger partial charge is 0.496 e. The monoisotopic (exact) mass is 407 g/mol. The molecule has 2 N–H and O–H groups in total. The minimum absolute atomic E-state index is 0.0599. The zero-order valence-electron chi connectivity index (χ0n) is 18.2. The molecule has 6 nitrogen and oxygen atoms in total. The van der Waals surface area contributed by atoms with Gasteiger partial charge in [0, 0.05) is 23.2 Å². The van der Waals surface area contributed by atoms with Gasteiger partial charge in [0.05, 0.1) is 18.2 Å². The van der Waals surface area contributed by atoms with Crippen LogP contribution in [0.1, 0.15) is 56.5 Å². The van der Waals surface area contributed by atoms with Crippen LogP contribution < -0.4 is 20.1 Å². The van der Waals surface area contributed by atoms with E-state index in [0.717, 1.165) is 12.8 Å². The lowest BCUT2D eigenvalue weighted by atomic mass is 9.79. The van der Waals surface area contributed by atoms with Crippen LogP contribution in [-0.2, 0) is 0 Å². The van der Waals surface area contributed by atoms with Crippen LogP contribution in [0.5, 0.6) is 17.2 Å². The number of rotatable bonds is 5. The summed E-state index contributed by atoms with van der Waals surface area (Å²) in [7, 11) is 1.52. The van der Waals surface area contributed by atoms with E-state index in [9.17, 15) is 10.1 Å². The van der Waals surface area contributed by atoms with Gasteiger partial charge in [0.1, 0.15) is 23.3 Å². The zero-order chi connectivity index (χ0) is 21.9. The first-order valence-electron chi connectivity index (χ1n) is 10.1. The molecular formula is C24H29N3O3. The summed E-state index contributed by atoms with van der Waals surface area (Å²) in [6, 6.07) is 14.2. The highest BCUT2D eigenvalue weighted by atomic mass is 16.5. The van der Waals surface area contributed by atoms with Crippen molar-refractivity contribution in [2.45, 2.75) is 57.7 Å². The van der Waals surface area contributed by atoms with Crippen molar-refractivity contribution in [3.63, 3.8) is 0 Å². The smallest absolute Gasteiger partial charge is 0.255 e. The molecule has 0 atom stereocenters. The summed E-state index contributed by atoms with van der Waals surface area (Å²) in [6.07, 6.45) is 1.69. The van der Waals surface area contributed by atoms with Crippen molar-refractivity contribution in [1.29, 1.82) is 5.26 Å². The number of benzene rings is 2. The maximum Gasteiger partial charge on any atom is 0.255 e. The molecule has 3 rings (SSSR count). The second kappa shape index (κ2) is 8.37. The molecule has 1 heterocycles. The summed E-state index contributed by atoms with van der Waals surface area (Å²) in [5, 5.41) is 16.0. The molecule has 1 aliphatic heterocycles. The minimum atomic E-state index is -0.172. The molecule has 2 aromatic rings. The Kier molecular flexibility index (Phi) is 6.04. The van der Waals surface area contributed by atoms with E-state index in [4.69, 9.17) is 9.47 Å². The number of hydrogen-bond donors (Lipinski definition) is 2. The van der Waals surface area contributed by atoms with Gasteiger partial charge in [0.2, 0.25) is 0 Å². The first kappa shape index (κ1) is 21.7. The highest BCUT2D eigenvalue weighted by molar-refractivity contribution is 5.97. The normalized spacial score (nSPS) is 17.6. The summed E-state index contributed by atoms with van der Waals surface area (Å²) < 4.78 is 11.3. The van der Waals surface area contributed by atoms with Gasteiger partial charge in [-0.1, -0.05) is 12.1 Å². The number of amides is 1. The van der Waals surface area contributed by atoms with Gasteiger partial charge in [-0.15, -0.1) is 0 Å². The van der Waals surface area contributed by atoms with Gasteiger partial charge in [0.25, 0.3) is 5.91 Å². The SMILES string of the molecule is COc1cc(Oc2ccccc2C#N)ccc1C(=O)NC1CC(C)(C)NC(C)(C)C1. The Morgan fingerprint density at radius 3 is 2.40 bits per heavy atom. The third kappa shape index (κ3) is 5.11. The quantitative estimate of drug-likeness (QED) is 0.768. The standard InChI is InChI=1S/C24H29N3O3/c1-23(2)13-17(14-24(3,4)27-23)26-22(28)19-11-10-18(12-21(19)29-5)30-20-9-7-6-8-16(20)15-25/h6-12,17,27H,13-14H2,1-5H3,(H,26,28). The maximum atomic E-state index is 13.0. The summed E-state index contributed by atoms with van der Waals surface area (Å²) in [5.41, 5.74) is 0.771. The van der Waals surface area contributed by atoms with Crippen molar-refractivity contribution in [2.24, 2.45) is 0 Å². The Morgan fingerprint density at radius 2 is 1.77 bits per heavy atom. The number of ether oxygens (including phenoxy) is 2. The number of para-hydroxylation sites is 1. The van der Waals surface area contributed by atoms with Crippen molar-refractivity contribution >= 4 is 5.91 Å². The molecule has 0 radical (unpaired) electrons. The second-order valence-corrected chi connectivity index (χ2v) is 9.04. The third-order valence-corrected chi connectivity index (χ3v) is 5.18. The number of nitrogens with one attached hydrogen (secondary N) is 2. The van der Waals surface area contributed by atoms with Gasteiger partial charge in [-0.2, -0.15) is 5.26 Å². The fourth-order valence-corrected chi connectivity index (χ4v) is 4.39. The van der Waals surface area contributed by atoms with E-state index in [1.54, 1.807) is 42.5 Å². The maximum absolute atomic E-state index is 13.0. The van der Waals surface area contributed by atoms with E-state index in [2.05, 4.69) is 44.4 Å². The summed E-state index contributed by atoms with van der Waals surface area (Å²) in [6.45, 7) is 8.61. The molecule has 0 spiro atoms. The van der Waals surface area contributed by atoms with Crippen molar-refractivity contribution in [2.75, 3.05) is 7.11 Å². The third-order valence-electron chi connectivity index (χ3n) is 5.18. The van der Waals surface area contributed by atoms with E-state index in [0.29, 0.717) is 28.4 Å².